The Balaban J connectivity index is 2.00. The van der Waals surface area contributed by atoms with Gasteiger partial charge in [-0.3, -0.25) is 0 Å². The van der Waals surface area contributed by atoms with E-state index >= 15 is 0 Å². The van der Waals surface area contributed by atoms with Gasteiger partial charge in [0, 0.05) is 19.1 Å². The molecule has 2 nitrogen and oxygen atoms in total. The first-order chi connectivity index (χ1) is 4.75. The number of rotatable bonds is 0. The second-order valence-corrected chi connectivity index (χ2v) is 3.97. The van der Waals surface area contributed by atoms with Crippen LogP contribution in [0.1, 0.15) is 12.8 Å². The molecule has 0 aromatic rings. The van der Waals surface area contributed by atoms with E-state index in [9.17, 15) is 0 Å². The summed E-state index contributed by atoms with van der Waals surface area (Å²) in [6, 6.07) is 0.517. The first-order valence-corrected chi connectivity index (χ1v) is 4.20. The average molecular weight is 140 g/mol. The van der Waals surface area contributed by atoms with Gasteiger partial charge in [0.15, 0.2) is 0 Å². The molecule has 2 fully saturated rings. The minimum Gasteiger partial charge on any atom is -0.328 e. The van der Waals surface area contributed by atoms with Crippen LogP contribution in [0.3, 0.4) is 0 Å². The van der Waals surface area contributed by atoms with Gasteiger partial charge in [-0.25, -0.2) is 0 Å². The molecule has 0 spiro atoms. The Kier molecular flexibility index (Phi) is 1.46. The van der Waals surface area contributed by atoms with Gasteiger partial charge in [-0.1, -0.05) is 0 Å². The van der Waals surface area contributed by atoms with Gasteiger partial charge in [0.05, 0.1) is 0 Å². The number of nitrogens with zero attached hydrogens (tertiary/aromatic N) is 1. The lowest BCUT2D eigenvalue weighted by Gasteiger charge is -2.09. The minimum absolute atomic E-state index is 0.517. The van der Waals surface area contributed by atoms with E-state index in [1.807, 2.05) is 0 Å². The van der Waals surface area contributed by atoms with Crippen LogP contribution >= 0.6 is 0 Å². The molecule has 0 aromatic heterocycles. The molecular formula is C8H16N2. The van der Waals surface area contributed by atoms with Crippen LogP contribution < -0.4 is 5.73 Å². The maximum Gasteiger partial charge on any atom is 0.00452 e. The lowest BCUT2D eigenvalue weighted by atomic mass is 10.0. The van der Waals surface area contributed by atoms with Crippen molar-refractivity contribution in [2.45, 2.75) is 18.9 Å². The molecule has 3 atom stereocenters. The summed E-state index contributed by atoms with van der Waals surface area (Å²) in [7, 11) is 2.21. The highest BCUT2D eigenvalue weighted by Crippen LogP contribution is 2.36. The smallest absolute Gasteiger partial charge is 0.00452 e. The molecule has 1 aliphatic carbocycles. The average Bonchev–Trinajstić information content (AvgIpc) is 2.21. The molecule has 2 heteroatoms. The predicted octanol–water partition coefficient (Wildman–Crippen LogP) is 0.285. The second-order valence-electron chi connectivity index (χ2n) is 3.97. The molecule has 0 unspecified atom stereocenters. The molecule has 58 valence electrons. The normalized spacial score (nSPS) is 48.0. The van der Waals surface area contributed by atoms with Gasteiger partial charge < -0.3 is 10.6 Å². The topological polar surface area (TPSA) is 29.3 Å². The number of nitrogens with two attached hydrogens (primary N) is 1. The van der Waals surface area contributed by atoms with Crippen LogP contribution in [0.2, 0.25) is 0 Å². The Morgan fingerprint density at radius 3 is 2.20 bits per heavy atom. The van der Waals surface area contributed by atoms with E-state index in [4.69, 9.17) is 5.73 Å². The molecule has 1 saturated heterocycles. The van der Waals surface area contributed by atoms with Crippen LogP contribution in [0, 0.1) is 11.8 Å². The third kappa shape index (κ3) is 0.956. The Morgan fingerprint density at radius 2 is 1.70 bits per heavy atom. The largest absolute Gasteiger partial charge is 0.328 e. The maximum absolute atomic E-state index is 5.85. The molecule has 0 bridgehead atoms. The van der Waals surface area contributed by atoms with Crippen molar-refractivity contribution in [1.82, 2.24) is 4.90 Å². The Bertz CT molecular complexity index is 107. The van der Waals surface area contributed by atoms with E-state index in [2.05, 4.69) is 11.9 Å². The first-order valence-electron chi connectivity index (χ1n) is 4.20. The van der Waals surface area contributed by atoms with E-state index in [1.165, 1.54) is 25.9 Å². The summed E-state index contributed by atoms with van der Waals surface area (Å²) in [6.45, 7) is 2.58. The summed E-state index contributed by atoms with van der Waals surface area (Å²) in [5, 5.41) is 0. The van der Waals surface area contributed by atoms with Gasteiger partial charge in [0.2, 0.25) is 0 Å². The zero-order valence-corrected chi connectivity index (χ0v) is 6.59. The fourth-order valence-corrected chi connectivity index (χ4v) is 2.58. The summed E-state index contributed by atoms with van der Waals surface area (Å²) in [6.07, 6.45) is 2.55. The van der Waals surface area contributed by atoms with Crippen molar-refractivity contribution >= 4 is 0 Å². The lowest BCUT2D eigenvalue weighted by Crippen LogP contribution is -2.22. The van der Waals surface area contributed by atoms with Gasteiger partial charge >= 0.3 is 0 Å². The third-order valence-corrected chi connectivity index (χ3v) is 2.97. The highest BCUT2D eigenvalue weighted by atomic mass is 15.1. The molecule has 0 amide bonds. The third-order valence-electron chi connectivity index (χ3n) is 2.97. The molecule has 2 rings (SSSR count). The van der Waals surface area contributed by atoms with Crippen LogP contribution in [0.15, 0.2) is 0 Å². The van der Waals surface area contributed by atoms with Crippen LogP contribution in [0.5, 0.6) is 0 Å². The van der Waals surface area contributed by atoms with Crippen molar-refractivity contribution in [3.05, 3.63) is 0 Å². The number of fused-ring (bicyclic) bond motifs is 1. The lowest BCUT2D eigenvalue weighted by molar-refractivity contribution is 0.371. The fourth-order valence-electron chi connectivity index (χ4n) is 2.58. The Hall–Kier alpha value is -0.0800. The SMILES string of the molecule is CN1C[C@H]2C[C@H](N)C[C@H]2C1. The van der Waals surface area contributed by atoms with Crippen LogP contribution in [-0.2, 0) is 0 Å². The highest BCUT2D eigenvalue weighted by molar-refractivity contribution is 4.92. The molecule has 0 radical (unpaired) electrons. The van der Waals surface area contributed by atoms with Gasteiger partial charge in [-0.2, -0.15) is 0 Å². The number of hydrogen-bond acceptors (Lipinski definition) is 2. The quantitative estimate of drug-likeness (QED) is 0.524. The van der Waals surface area contributed by atoms with Crippen molar-refractivity contribution in [3.8, 4) is 0 Å². The van der Waals surface area contributed by atoms with Crippen molar-refractivity contribution < 1.29 is 0 Å². The Labute approximate surface area is 62.4 Å². The summed E-state index contributed by atoms with van der Waals surface area (Å²) in [4.78, 5) is 2.43. The van der Waals surface area contributed by atoms with E-state index in [0.717, 1.165) is 11.8 Å². The van der Waals surface area contributed by atoms with E-state index < -0.39 is 0 Å². The summed E-state index contributed by atoms with van der Waals surface area (Å²) < 4.78 is 0. The summed E-state index contributed by atoms with van der Waals surface area (Å²) in [5.74, 6) is 1.86. The van der Waals surface area contributed by atoms with Crippen LogP contribution in [0.4, 0.5) is 0 Å². The van der Waals surface area contributed by atoms with E-state index in [1.54, 1.807) is 0 Å². The minimum atomic E-state index is 0.517. The van der Waals surface area contributed by atoms with Crippen LogP contribution in [0.25, 0.3) is 0 Å². The monoisotopic (exact) mass is 140 g/mol. The second kappa shape index (κ2) is 2.21. The van der Waals surface area contributed by atoms with Gasteiger partial charge in [0.25, 0.3) is 0 Å². The molecular weight excluding hydrogens is 124 g/mol. The molecule has 0 aromatic carbocycles. The molecule has 10 heavy (non-hydrogen) atoms. The van der Waals surface area contributed by atoms with Crippen LogP contribution in [-0.4, -0.2) is 31.1 Å². The molecule has 1 aliphatic heterocycles. The van der Waals surface area contributed by atoms with Crippen molar-refractivity contribution in [3.63, 3.8) is 0 Å². The van der Waals surface area contributed by atoms with E-state index in [-0.39, 0.29) is 0 Å². The molecule has 1 saturated carbocycles. The Morgan fingerprint density at radius 1 is 1.20 bits per heavy atom. The highest BCUT2D eigenvalue weighted by Gasteiger charge is 2.37. The number of likely N-dealkylation sites (tertiary alicyclic amines) is 1. The molecule has 1 heterocycles. The number of hydrogen-bond donors (Lipinski definition) is 1. The van der Waals surface area contributed by atoms with Gasteiger partial charge in [-0.15, -0.1) is 0 Å². The van der Waals surface area contributed by atoms with Crippen molar-refractivity contribution in [1.29, 1.82) is 0 Å². The van der Waals surface area contributed by atoms with E-state index in [0.29, 0.717) is 6.04 Å². The molecule has 2 N–H and O–H groups in total. The fraction of sp³-hybridized carbons (Fsp3) is 1.00. The van der Waals surface area contributed by atoms with Gasteiger partial charge in [0.1, 0.15) is 0 Å². The predicted molar refractivity (Wildman–Crippen MR) is 41.7 cm³/mol. The van der Waals surface area contributed by atoms with Crippen molar-refractivity contribution in [2.75, 3.05) is 20.1 Å². The maximum atomic E-state index is 5.85. The zero-order chi connectivity index (χ0) is 7.14. The summed E-state index contributed by atoms with van der Waals surface area (Å²) in [5.41, 5.74) is 5.85. The zero-order valence-electron chi connectivity index (χ0n) is 6.59. The summed E-state index contributed by atoms with van der Waals surface area (Å²) >= 11 is 0. The molecule has 2 aliphatic rings. The van der Waals surface area contributed by atoms with Crippen molar-refractivity contribution in [2.24, 2.45) is 17.6 Å². The first kappa shape index (κ1) is 6.62. The standard InChI is InChI=1S/C8H16N2/c1-10-4-6-2-8(9)3-7(6)5-10/h6-8H,2-5,9H2,1H3/t6-,7+,8+. The van der Waals surface area contributed by atoms with Gasteiger partial charge in [-0.05, 0) is 31.7 Å².